The molecule has 124 valence electrons. The molecular formula is C18H30N2O2. The Balaban J connectivity index is 1.58. The molecule has 4 heteroatoms. The second-order valence-corrected chi connectivity index (χ2v) is 6.02. The van der Waals surface area contributed by atoms with Crippen molar-refractivity contribution in [2.24, 2.45) is 0 Å². The Morgan fingerprint density at radius 1 is 0.955 bits per heavy atom. The lowest BCUT2D eigenvalue weighted by molar-refractivity contribution is 0.150. The van der Waals surface area contributed by atoms with E-state index in [1.54, 1.807) is 0 Å². The Labute approximate surface area is 135 Å². The molecule has 0 unspecified atom stereocenters. The van der Waals surface area contributed by atoms with E-state index >= 15 is 0 Å². The van der Waals surface area contributed by atoms with Gasteiger partial charge in [0.05, 0.1) is 13.2 Å². The van der Waals surface area contributed by atoms with Gasteiger partial charge in [-0.05, 0) is 45.0 Å². The Kier molecular flexibility index (Phi) is 7.54. The number of hydrogen-bond donors (Lipinski definition) is 0. The van der Waals surface area contributed by atoms with Gasteiger partial charge in [0, 0.05) is 32.2 Å². The SMILES string of the molecule is CCCOc1cccc(OCCCCN2CCN(C)CC2)c1. The largest absolute Gasteiger partial charge is 0.493 e. The van der Waals surface area contributed by atoms with Gasteiger partial charge in [-0.2, -0.15) is 0 Å². The molecule has 0 saturated carbocycles. The number of piperazine rings is 1. The number of benzene rings is 1. The van der Waals surface area contributed by atoms with Gasteiger partial charge in [-0.15, -0.1) is 0 Å². The quantitative estimate of drug-likeness (QED) is 0.655. The third-order valence-corrected chi connectivity index (χ3v) is 4.01. The van der Waals surface area contributed by atoms with Gasteiger partial charge < -0.3 is 19.3 Å². The van der Waals surface area contributed by atoms with Crippen LogP contribution in [0.25, 0.3) is 0 Å². The van der Waals surface area contributed by atoms with E-state index in [9.17, 15) is 0 Å². The van der Waals surface area contributed by atoms with Crippen molar-refractivity contribution in [3.63, 3.8) is 0 Å². The Hall–Kier alpha value is -1.26. The summed E-state index contributed by atoms with van der Waals surface area (Å²) >= 11 is 0. The van der Waals surface area contributed by atoms with E-state index in [1.165, 1.54) is 39.1 Å². The summed E-state index contributed by atoms with van der Waals surface area (Å²) in [5.74, 6) is 1.81. The summed E-state index contributed by atoms with van der Waals surface area (Å²) in [4.78, 5) is 4.95. The van der Waals surface area contributed by atoms with Crippen molar-refractivity contribution in [1.29, 1.82) is 0 Å². The third kappa shape index (κ3) is 6.24. The number of unbranched alkanes of at least 4 members (excludes halogenated alkanes) is 1. The predicted octanol–water partition coefficient (Wildman–Crippen LogP) is 2.88. The number of nitrogens with zero attached hydrogens (tertiary/aromatic N) is 2. The van der Waals surface area contributed by atoms with Gasteiger partial charge in [-0.1, -0.05) is 13.0 Å². The van der Waals surface area contributed by atoms with Crippen LogP contribution in [0.4, 0.5) is 0 Å². The van der Waals surface area contributed by atoms with Crippen molar-refractivity contribution in [2.75, 3.05) is 53.0 Å². The monoisotopic (exact) mass is 306 g/mol. The topological polar surface area (TPSA) is 24.9 Å². The van der Waals surface area contributed by atoms with Crippen LogP contribution in [0.1, 0.15) is 26.2 Å². The van der Waals surface area contributed by atoms with E-state index in [0.29, 0.717) is 0 Å². The minimum absolute atomic E-state index is 0.758. The van der Waals surface area contributed by atoms with Gasteiger partial charge in [0.1, 0.15) is 11.5 Å². The number of ether oxygens (including phenoxy) is 2. The summed E-state index contributed by atoms with van der Waals surface area (Å²) in [5.41, 5.74) is 0. The highest BCUT2D eigenvalue weighted by molar-refractivity contribution is 5.32. The maximum atomic E-state index is 5.83. The van der Waals surface area contributed by atoms with E-state index < -0.39 is 0 Å². The van der Waals surface area contributed by atoms with Crippen molar-refractivity contribution in [1.82, 2.24) is 9.80 Å². The molecule has 0 bridgehead atoms. The fourth-order valence-corrected chi connectivity index (χ4v) is 2.57. The van der Waals surface area contributed by atoms with Gasteiger partial charge in [-0.25, -0.2) is 0 Å². The average molecular weight is 306 g/mol. The molecule has 1 saturated heterocycles. The first-order valence-electron chi connectivity index (χ1n) is 8.54. The lowest BCUT2D eigenvalue weighted by Crippen LogP contribution is -2.44. The molecular weight excluding hydrogens is 276 g/mol. The molecule has 1 aromatic carbocycles. The molecule has 0 radical (unpaired) electrons. The fraction of sp³-hybridized carbons (Fsp3) is 0.667. The van der Waals surface area contributed by atoms with E-state index in [-0.39, 0.29) is 0 Å². The zero-order valence-electron chi connectivity index (χ0n) is 14.1. The van der Waals surface area contributed by atoms with E-state index in [1.807, 2.05) is 24.3 Å². The molecule has 0 atom stereocenters. The zero-order valence-corrected chi connectivity index (χ0v) is 14.1. The molecule has 1 fully saturated rings. The smallest absolute Gasteiger partial charge is 0.122 e. The van der Waals surface area contributed by atoms with Crippen molar-refractivity contribution in [3.8, 4) is 11.5 Å². The third-order valence-electron chi connectivity index (χ3n) is 4.01. The minimum atomic E-state index is 0.758. The summed E-state index contributed by atoms with van der Waals surface area (Å²) in [6.07, 6.45) is 3.33. The van der Waals surface area contributed by atoms with Gasteiger partial charge in [-0.3, -0.25) is 0 Å². The maximum absolute atomic E-state index is 5.83. The van der Waals surface area contributed by atoms with E-state index in [0.717, 1.165) is 37.6 Å². The van der Waals surface area contributed by atoms with E-state index in [4.69, 9.17) is 9.47 Å². The Bertz CT molecular complexity index is 417. The second-order valence-electron chi connectivity index (χ2n) is 6.02. The Morgan fingerprint density at radius 2 is 1.64 bits per heavy atom. The summed E-state index contributed by atoms with van der Waals surface area (Å²) in [5, 5.41) is 0. The highest BCUT2D eigenvalue weighted by Gasteiger charge is 2.12. The number of rotatable bonds is 9. The first kappa shape index (κ1) is 17.1. The first-order chi connectivity index (χ1) is 10.8. The number of hydrogen-bond acceptors (Lipinski definition) is 4. The highest BCUT2D eigenvalue weighted by atomic mass is 16.5. The van der Waals surface area contributed by atoms with Crippen LogP contribution < -0.4 is 9.47 Å². The van der Waals surface area contributed by atoms with Gasteiger partial charge in [0.2, 0.25) is 0 Å². The molecule has 1 heterocycles. The van der Waals surface area contributed by atoms with Gasteiger partial charge in [0.15, 0.2) is 0 Å². The van der Waals surface area contributed by atoms with Crippen molar-refractivity contribution < 1.29 is 9.47 Å². The molecule has 4 nitrogen and oxygen atoms in total. The average Bonchev–Trinajstić information content (AvgIpc) is 2.55. The van der Waals surface area contributed by atoms with Crippen molar-refractivity contribution in [3.05, 3.63) is 24.3 Å². The molecule has 1 aromatic rings. The van der Waals surface area contributed by atoms with Crippen LogP contribution in [0.2, 0.25) is 0 Å². The van der Waals surface area contributed by atoms with Crippen LogP contribution in [0.15, 0.2) is 24.3 Å². The fourth-order valence-electron chi connectivity index (χ4n) is 2.57. The van der Waals surface area contributed by atoms with Crippen LogP contribution >= 0.6 is 0 Å². The molecule has 0 amide bonds. The standard InChI is InChI=1S/C18H30N2O2/c1-3-14-21-17-7-6-8-18(16-17)22-15-5-4-9-20-12-10-19(2)11-13-20/h6-8,16H,3-5,9-15H2,1-2H3. The van der Waals surface area contributed by atoms with Crippen molar-refractivity contribution in [2.45, 2.75) is 26.2 Å². The highest BCUT2D eigenvalue weighted by Crippen LogP contribution is 2.19. The summed E-state index contributed by atoms with van der Waals surface area (Å²) < 4.78 is 11.4. The molecule has 22 heavy (non-hydrogen) atoms. The molecule has 0 spiro atoms. The predicted molar refractivity (Wildman–Crippen MR) is 90.9 cm³/mol. The summed E-state index contributed by atoms with van der Waals surface area (Å²) in [7, 11) is 2.20. The molecule has 1 aliphatic heterocycles. The molecule has 0 aromatic heterocycles. The number of likely N-dealkylation sites (N-methyl/N-ethyl adjacent to an activating group) is 1. The second kappa shape index (κ2) is 9.70. The van der Waals surface area contributed by atoms with Gasteiger partial charge in [0.25, 0.3) is 0 Å². The molecule has 0 aliphatic carbocycles. The maximum Gasteiger partial charge on any atom is 0.122 e. The van der Waals surface area contributed by atoms with Crippen LogP contribution in [0, 0.1) is 0 Å². The molecule has 0 N–H and O–H groups in total. The molecule has 1 aliphatic rings. The lowest BCUT2D eigenvalue weighted by Gasteiger charge is -2.32. The van der Waals surface area contributed by atoms with E-state index in [2.05, 4.69) is 23.8 Å². The lowest BCUT2D eigenvalue weighted by atomic mass is 10.2. The minimum Gasteiger partial charge on any atom is -0.493 e. The summed E-state index contributed by atoms with van der Waals surface area (Å²) in [6, 6.07) is 7.95. The van der Waals surface area contributed by atoms with Crippen LogP contribution in [-0.4, -0.2) is 62.8 Å². The zero-order chi connectivity index (χ0) is 15.6. The van der Waals surface area contributed by atoms with Gasteiger partial charge >= 0.3 is 0 Å². The van der Waals surface area contributed by atoms with Crippen LogP contribution in [-0.2, 0) is 0 Å². The van der Waals surface area contributed by atoms with Crippen molar-refractivity contribution >= 4 is 0 Å². The Morgan fingerprint density at radius 3 is 2.32 bits per heavy atom. The van der Waals surface area contributed by atoms with Crippen LogP contribution in [0.3, 0.4) is 0 Å². The first-order valence-corrected chi connectivity index (χ1v) is 8.54. The van der Waals surface area contributed by atoms with Crippen LogP contribution in [0.5, 0.6) is 11.5 Å². The molecule has 2 rings (SSSR count). The summed E-state index contributed by atoms with van der Waals surface area (Å²) in [6.45, 7) is 9.64. The normalized spacial score (nSPS) is 16.6.